The molecule has 0 saturated heterocycles. The van der Waals surface area contributed by atoms with Crippen LogP contribution < -0.4 is 5.32 Å². The fraction of sp³-hybridized carbons (Fsp3) is 0.273. The van der Waals surface area contributed by atoms with Gasteiger partial charge in [-0.05, 0) is 13.8 Å². The first-order valence-electron chi connectivity index (χ1n) is 4.52. The van der Waals surface area contributed by atoms with Crippen LogP contribution in [0, 0.1) is 17.5 Å². The lowest BCUT2D eigenvalue weighted by Gasteiger charge is -2.05. The van der Waals surface area contributed by atoms with Crippen LogP contribution in [0.15, 0.2) is 23.8 Å². The lowest BCUT2D eigenvalue weighted by Crippen LogP contribution is -2.02. The number of rotatable bonds is 3. The van der Waals surface area contributed by atoms with Crippen LogP contribution in [-0.4, -0.2) is 6.54 Å². The lowest BCUT2D eigenvalue weighted by atomic mass is 10.2. The van der Waals surface area contributed by atoms with Crippen molar-refractivity contribution in [2.75, 3.05) is 11.9 Å². The number of allylic oxidation sites excluding steroid dienone is 1. The van der Waals surface area contributed by atoms with Crippen LogP contribution in [0.4, 0.5) is 18.9 Å². The highest BCUT2D eigenvalue weighted by Gasteiger charge is 2.08. The molecule has 0 amide bonds. The molecule has 0 spiro atoms. The van der Waals surface area contributed by atoms with Gasteiger partial charge in [0.05, 0.1) is 5.69 Å². The van der Waals surface area contributed by atoms with E-state index in [1.54, 1.807) is 0 Å². The molecule has 15 heavy (non-hydrogen) atoms. The molecule has 1 N–H and O–H groups in total. The van der Waals surface area contributed by atoms with E-state index in [0.717, 1.165) is 11.6 Å². The number of hydrogen-bond donors (Lipinski definition) is 1. The summed E-state index contributed by atoms with van der Waals surface area (Å²) in [5.41, 5.74) is 1.02. The second-order valence-electron chi connectivity index (χ2n) is 3.41. The number of benzene rings is 1. The third-order valence-electron chi connectivity index (χ3n) is 1.81. The number of anilines is 1. The van der Waals surface area contributed by atoms with Crippen LogP contribution in [0.3, 0.4) is 0 Å². The van der Waals surface area contributed by atoms with Crippen molar-refractivity contribution in [3.8, 4) is 0 Å². The zero-order valence-corrected chi connectivity index (χ0v) is 8.57. The maximum atomic E-state index is 13.1. The smallest absolute Gasteiger partial charge is 0.161 e. The van der Waals surface area contributed by atoms with Crippen LogP contribution in [-0.2, 0) is 0 Å². The predicted molar refractivity (Wildman–Crippen MR) is 54.2 cm³/mol. The average molecular weight is 215 g/mol. The van der Waals surface area contributed by atoms with Gasteiger partial charge < -0.3 is 5.32 Å². The minimum absolute atomic E-state index is 0.0357. The molecule has 0 heterocycles. The van der Waals surface area contributed by atoms with Gasteiger partial charge in [0, 0.05) is 18.7 Å². The van der Waals surface area contributed by atoms with E-state index in [4.69, 9.17) is 0 Å². The summed E-state index contributed by atoms with van der Waals surface area (Å²) >= 11 is 0. The Morgan fingerprint density at radius 3 is 2.33 bits per heavy atom. The summed E-state index contributed by atoms with van der Waals surface area (Å²) in [5.74, 6) is -3.03. The molecule has 1 aromatic rings. The summed E-state index contributed by atoms with van der Waals surface area (Å²) < 4.78 is 38.4. The van der Waals surface area contributed by atoms with Crippen molar-refractivity contribution in [3.05, 3.63) is 41.2 Å². The van der Waals surface area contributed by atoms with Crippen LogP contribution in [0.5, 0.6) is 0 Å². The SMILES string of the molecule is CC(C)=CCNc1cc(F)c(F)cc1F. The predicted octanol–water partition coefficient (Wildman–Crippen LogP) is 3.48. The highest BCUT2D eigenvalue weighted by Crippen LogP contribution is 2.18. The Bertz CT molecular complexity index is 382. The molecule has 0 radical (unpaired) electrons. The van der Waals surface area contributed by atoms with Crippen LogP contribution in [0.2, 0.25) is 0 Å². The van der Waals surface area contributed by atoms with E-state index >= 15 is 0 Å². The van der Waals surface area contributed by atoms with Crippen molar-refractivity contribution >= 4 is 5.69 Å². The van der Waals surface area contributed by atoms with Gasteiger partial charge >= 0.3 is 0 Å². The molecular weight excluding hydrogens is 203 g/mol. The molecule has 0 aliphatic heterocycles. The third kappa shape index (κ3) is 3.31. The molecule has 0 bridgehead atoms. The normalized spacial score (nSPS) is 9.93. The quantitative estimate of drug-likeness (QED) is 0.601. The van der Waals surface area contributed by atoms with Gasteiger partial charge in [0.15, 0.2) is 11.6 Å². The van der Waals surface area contributed by atoms with Crippen molar-refractivity contribution in [1.82, 2.24) is 0 Å². The van der Waals surface area contributed by atoms with E-state index in [0.29, 0.717) is 12.6 Å². The van der Waals surface area contributed by atoms with Crippen LogP contribution in [0.25, 0.3) is 0 Å². The van der Waals surface area contributed by atoms with E-state index in [2.05, 4.69) is 5.32 Å². The Kier molecular flexibility index (Phi) is 3.77. The first-order valence-corrected chi connectivity index (χ1v) is 4.52. The minimum Gasteiger partial charge on any atom is -0.379 e. The number of nitrogens with one attached hydrogen (secondary N) is 1. The van der Waals surface area contributed by atoms with E-state index < -0.39 is 17.5 Å². The maximum absolute atomic E-state index is 13.1. The summed E-state index contributed by atoms with van der Waals surface area (Å²) in [4.78, 5) is 0. The molecule has 82 valence electrons. The van der Waals surface area contributed by atoms with E-state index in [-0.39, 0.29) is 5.69 Å². The molecule has 0 aliphatic carbocycles. The highest BCUT2D eigenvalue weighted by atomic mass is 19.2. The van der Waals surface area contributed by atoms with Crippen molar-refractivity contribution in [2.24, 2.45) is 0 Å². The lowest BCUT2D eigenvalue weighted by molar-refractivity contribution is 0.496. The first-order chi connectivity index (χ1) is 7.00. The molecule has 4 heteroatoms. The van der Waals surface area contributed by atoms with Gasteiger partial charge in [-0.25, -0.2) is 13.2 Å². The fourth-order valence-electron chi connectivity index (χ4n) is 1.02. The van der Waals surface area contributed by atoms with Gasteiger partial charge in [-0.1, -0.05) is 11.6 Å². The van der Waals surface area contributed by atoms with Gasteiger partial charge in [-0.2, -0.15) is 0 Å². The largest absolute Gasteiger partial charge is 0.379 e. The Morgan fingerprint density at radius 1 is 1.13 bits per heavy atom. The molecule has 1 rings (SSSR count). The van der Waals surface area contributed by atoms with Crippen molar-refractivity contribution in [3.63, 3.8) is 0 Å². The zero-order chi connectivity index (χ0) is 11.4. The zero-order valence-electron chi connectivity index (χ0n) is 8.57. The molecular formula is C11H12F3N. The summed E-state index contributed by atoms with van der Waals surface area (Å²) in [7, 11) is 0. The van der Waals surface area contributed by atoms with Gasteiger partial charge in [0.1, 0.15) is 5.82 Å². The Labute approximate surface area is 86.6 Å². The van der Waals surface area contributed by atoms with Crippen LogP contribution in [0.1, 0.15) is 13.8 Å². The molecule has 1 nitrogen and oxygen atoms in total. The van der Waals surface area contributed by atoms with Gasteiger partial charge in [0.25, 0.3) is 0 Å². The van der Waals surface area contributed by atoms with Crippen molar-refractivity contribution in [1.29, 1.82) is 0 Å². The second kappa shape index (κ2) is 4.87. The number of hydrogen-bond acceptors (Lipinski definition) is 1. The van der Waals surface area contributed by atoms with Gasteiger partial charge in [0.2, 0.25) is 0 Å². The van der Waals surface area contributed by atoms with E-state index in [1.165, 1.54) is 0 Å². The first kappa shape index (κ1) is 11.6. The van der Waals surface area contributed by atoms with Crippen LogP contribution >= 0.6 is 0 Å². The average Bonchev–Trinajstić information content (AvgIpc) is 2.13. The highest BCUT2D eigenvalue weighted by molar-refractivity contribution is 5.45. The molecule has 0 saturated carbocycles. The molecule has 0 aliphatic rings. The molecule has 1 aromatic carbocycles. The maximum Gasteiger partial charge on any atom is 0.161 e. The molecule has 0 atom stereocenters. The topological polar surface area (TPSA) is 12.0 Å². The van der Waals surface area contributed by atoms with Gasteiger partial charge in [-0.15, -0.1) is 0 Å². The Hall–Kier alpha value is -1.45. The Balaban J connectivity index is 2.77. The van der Waals surface area contributed by atoms with Crippen molar-refractivity contribution in [2.45, 2.75) is 13.8 Å². The molecule has 0 unspecified atom stereocenters. The summed E-state index contributed by atoms with van der Waals surface area (Å²) in [5, 5.41) is 2.65. The Morgan fingerprint density at radius 2 is 1.73 bits per heavy atom. The fourth-order valence-corrected chi connectivity index (χ4v) is 1.02. The summed E-state index contributed by atoms with van der Waals surface area (Å²) in [6.45, 7) is 4.16. The van der Waals surface area contributed by atoms with Gasteiger partial charge in [-0.3, -0.25) is 0 Å². The standard InChI is InChI=1S/C11H12F3N/c1-7(2)3-4-15-11-6-9(13)8(12)5-10(11)14/h3,5-6,15H,4H2,1-2H3. The summed E-state index contributed by atoms with van der Waals surface area (Å²) in [6, 6.07) is 1.34. The van der Waals surface area contributed by atoms with E-state index in [9.17, 15) is 13.2 Å². The third-order valence-corrected chi connectivity index (χ3v) is 1.81. The van der Waals surface area contributed by atoms with Crippen molar-refractivity contribution < 1.29 is 13.2 Å². The van der Waals surface area contributed by atoms with E-state index in [1.807, 2.05) is 19.9 Å². The monoisotopic (exact) mass is 215 g/mol. The molecule has 0 aromatic heterocycles. The number of halogens is 3. The second-order valence-corrected chi connectivity index (χ2v) is 3.41. The summed E-state index contributed by atoms with van der Waals surface area (Å²) in [6.07, 6.45) is 1.82. The molecule has 0 fully saturated rings. The minimum atomic E-state index is -1.18.